The number of rotatable bonds is 14. The van der Waals surface area contributed by atoms with E-state index in [1.807, 2.05) is 139 Å². The molecule has 8 aromatic rings. The number of pyridine rings is 2. The quantitative estimate of drug-likeness (QED) is 0.0812. The summed E-state index contributed by atoms with van der Waals surface area (Å²) in [6.45, 7) is 13.7. The zero-order chi connectivity index (χ0) is 49.8. The molecule has 16 heteroatoms. The molecule has 4 aromatic heterocycles. The van der Waals surface area contributed by atoms with Crippen molar-refractivity contribution >= 4 is 40.7 Å². The van der Waals surface area contributed by atoms with Gasteiger partial charge in [-0.25, -0.2) is 13.8 Å². The lowest BCUT2D eigenvalue weighted by atomic mass is 10.1. The van der Waals surface area contributed by atoms with Crippen LogP contribution in [-0.4, -0.2) is 117 Å². The Balaban J connectivity index is 0.000000173. The SMILES string of the molecule is CN.CNC(=O)OC(C)(C)C.c1ccc(-c2cccc3nc(Nc4ccc(OCCN5CCCC5)cc4)nn23)cc1.c1ccc(-c2cccc3nc(Nc4ccc(OCCN5CCCC5)cc4)nn23)cc1. The molecule has 0 saturated carbocycles. The van der Waals surface area contributed by atoms with Crippen LogP contribution in [0.4, 0.5) is 28.1 Å². The highest BCUT2D eigenvalue weighted by atomic mass is 16.6. The van der Waals surface area contributed by atoms with Crippen molar-refractivity contribution in [2.24, 2.45) is 5.73 Å². The molecule has 372 valence electrons. The van der Waals surface area contributed by atoms with Crippen molar-refractivity contribution in [1.29, 1.82) is 0 Å². The number of carbonyl (C=O) groups excluding carboxylic acids is 1. The molecule has 0 spiro atoms. The standard InChI is InChI=1S/2C24H25N5O.C6H13NO2.CH5N/c2*1-2-7-19(8-3-1)22-9-6-10-23-26-24(27-29(22)23)25-20-11-13-21(14-12-20)30-18-17-28-15-4-5-16-28;1-6(2,3)9-5(8)7-4;1-2/h2*1-3,6-14H,4-5,15-18H2,(H,25,27);1-4H3,(H,7,8);2H2,1H3. The van der Waals surface area contributed by atoms with Gasteiger partial charge in [0.1, 0.15) is 30.3 Å². The average Bonchev–Trinajstić information content (AvgIpc) is 4.25. The number of amides is 1. The fraction of sp³-hybridized carbons (Fsp3) is 0.327. The predicted molar refractivity (Wildman–Crippen MR) is 284 cm³/mol. The van der Waals surface area contributed by atoms with Crippen LogP contribution in [0, 0.1) is 0 Å². The number of benzene rings is 4. The summed E-state index contributed by atoms with van der Waals surface area (Å²) >= 11 is 0. The van der Waals surface area contributed by atoms with E-state index in [0.717, 1.165) is 83.0 Å². The number of anilines is 4. The number of hydrogen-bond acceptors (Lipinski definition) is 13. The molecule has 1 amide bonds. The molecule has 0 bridgehead atoms. The summed E-state index contributed by atoms with van der Waals surface area (Å²) in [5.41, 5.74) is 11.8. The van der Waals surface area contributed by atoms with Gasteiger partial charge in [0.2, 0.25) is 11.9 Å². The second-order valence-corrected chi connectivity index (χ2v) is 17.8. The van der Waals surface area contributed by atoms with Crippen LogP contribution in [0.15, 0.2) is 146 Å². The Bertz CT molecular complexity index is 2640. The molecule has 4 aromatic carbocycles. The van der Waals surface area contributed by atoms with Gasteiger partial charge >= 0.3 is 6.09 Å². The zero-order valence-corrected chi connectivity index (χ0v) is 41.6. The first-order valence-corrected chi connectivity index (χ1v) is 24.4. The molecule has 6 heterocycles. The second-order valence-electron chi connectivity index (χ2n) is 17.8. The number of ether oxygens (including phenoxy) is 3. The maximum absolute atomic E-state index is 10.5. The molecule has 16 nitrogen and oxygen atoms in total. The number of likely N-dealkylation sites (tertiary alicyclic amines) is 2. The van der Waals surface area contributed by atoms with Crippen LogP contribution in [0.5, 0.6) is 11.5 Å². The Morgan fingerprint density at radius 2 is 0.944 bits per heavy atom. The third kappa shape index (κ3) is 15.5. The van der Waals surface area contributed by atoms with Gasteiger partial charge in [0.15, 0.2) is 11.3 Å². The van der Waals surface area contributed by atoms with Crippen LogP contribution >= 0.6 is 0 Å². The molecule has 0 aliphatic carbocycles. The smallest absolute Gasteiger partial charge is 0.407 e. The minimum absolute atomic E-state index is 0.387. The molecule has 2 aliphatic heterocycles. The largest absolute Gasteiger partial charge is 0.492 e. The van der Waals surface area contributed by atoms with E-state index >= 15 is 0 Å². The van der Waals surface area contributed by atoms with E-state index in [1.54, 1.807) is 0 Å². The second kappa shape index (κ2) is 25.9. The molecule has 0 atom stereocenters. The van der Waals surface area contributed by atoms with Gasteiger partial charge in [-0.3, -0.25) is 9.80 Å². The van der Waals surface area contributed by atoms with E-state index < -0.39 is 0 Å². The van der Waals surface area contributed by atoms with Gasteiger partial charge in [-0.1, -0.05) is 72.8 Å². The number of aromatic nitrogens is 6. The minimum atomic E-state index is -0.389. The molecule has 2 saturated heterocycles. The summed E-state index contributed by atoms with van der Waals surface area (Å²) in [6, 6.07) is 48.4. The fourth-order valence-electron chi connectivity index (χ4n) is 8.03. The molecule has 71 heavy (non-hydrogen) atoms. The van der Waals surface area contributed by atoms with Crippen LogP contribution in [-0.2, 0) is 4.74 Å². The molecular weight excluding hydrogens is 893 g/mol. The van der Waals surface area contributed by atoms with E-state index in [9.17, 15) is 4.79 Å². The normalized spacial score (nSPS) is 13.5. The van der Waals surface area contributed by atoms with Crippen LogP contribution in [0.2, 0.25) is 0 Å². The number of hydrogen-bond donors (Lipinski definition) is 4. The monoisotopic (exact) mass is 961 g/mol. The van der Waals surface area contributed by atoms with E-state index in [4.69, 9.17) is 14.2 Å². The Hall–Kier alpha value is -7.53. The van der Waals surface area contributed by atoms with Crippen LogP contribution < -0.4 is 31.2 Å². The Labute approximate surface area is 417 Å². The number of nitrogens with one attached hydrogen (secondary N) is 3. The van der Waals surface area contributed by atoms with Gasteiger partial charge in [-0.15, -0.1) is 10.2 Å². The first-order valence-electron chi connectivity index (χ1n) is 24.4. The van der Waals surface area contributed by atoms with Gasteiger partial charge in [-0.05, 0) is 152 Å². The summed E-state index contributed by atoms with van der Waals surface area (Å²) in [6.07, 6.45) is 4.85. The molecule has 2 aliphatic rings. The van der Waals surface area contributed by atoms with Crippen molar-refractivity contribution in [3.63, 3.8) is 0 Å². The van der Waals surface area contributed by atoms with Gasteiger partial charge in [0.05, 0.1) is 11.4 Å². The van der Waals surface area contributed by atoms with Crippen LogP contribution in [0.1, 0.15) is 46.5 Å². The molecule has 0 unspecified atom stereocenters. The van der Waals surface area contributed by atoms with Crippen LogP contribution in [0.25, 0.3) is 33.8 Å². The van der Waals surface area contributed by atoms with Gasteiger partial charge in [0.25, 0.3) is 0 Å². The van der Waals surface area contributed by atoms with Crippen molar-refractivity contribution in [1.82, 2.24) is 44.3 Å². The molecule has 0 radical (unpaired) electrons. The number of fused-ring (bicyclic) bond motifs is 2. The average molecular weight is 961 g/mol. The van der Waals surface area contributed by atoms with Crippen molar-refractivity contribution < 1.29 is 19.0 Å². The third-order valence-electron chi connectivity index (χ3n) is 11.4. The highest BCUT2D eigenvalue weighted by molar-refractivity contribution is 5.67. The summed E-state index contributed by atoms with van der Waals surface area (Å²) in [5.74, 6) is 2.91. The van der Waals surface area contributed by atoms with Gasteiger partial charge in [0, 0.05) is 42.6 Å². The molecular formula is C55H68N12O4. The van der Waals surface area contributed by atoms with Crippen molar-refractivity contribution in [3.8, 4) is 34.0 Å². The van der Waals surface area contributed by atoms with Crippen molar-refractivity contribution in [2.45, 2.75) is 52.1 Å². The summed E-state index contributed by atoms with van der Waals surface area (Å²) < 4.78 is 20.3. The Kier molecular flexibility index (Phi) is 18.7. The maximum atomic E-state index is 10.5. The Morgan fingerprint density at radius 1 is 0.549 bits per heavy atom. The van der Waals surface area contributed by atoms with Crippen LogP contribution in [0.3, 0.4) is 0 Å². The van der Waals surface area contributed by atoms with E-state index in [1.165, 1.54) is 66.0 Å². The third-order valence-corrected chi connectivity index (χ3v) is 11.4. The maximum Gasteiger partial charge on any atom is 0.407 e. The summed E-state index contributed by atoms with van der Waals surface area (Å²) in [4.78, 5) is 24.6. The van der Waals surface area contributed by atoms with E-state index in [2.05, 4.69) is 88.0 Å². The number of nitrogens with zero attached hydrogens (tertiary/aromatic N) is 8. The minimum Gasteiger partial charge on any atom is -0.492 e. The molecule has 10 rings (SSSR count). The first-order chi connectivity index (χ1) is 34.7. The lowest BCUT2D eigenvalue weighted by Gasteiger charge is -2.18. The van der Waals surface area contributed by atoms with E-state index in [0.29, 0.717) is 11.9 Å². The number of nitrogens with two attached hydrogens (primary N) is 1. The molecule has 5 N–H and O–H groups in total. The summed E-state index contributed by atoms with van der Waals surface area (Å²) in [7, 11) is 3.04. The summed E-state index contributed by atoms with van der Waals surface area (Å²) in [5, 5.41) is 18.3. The Morgan fingerprint density at radius 3 is 1.30 bits per heavy atom. The highest BCUT2D eigenvalue weighted by Gasteiger charge is 2.15. The number of carbonyl (C=O) groups is 1. The lowest BCUT2D eigenvalue weighted by Crippen LogP contribution is -2.30. The van der Waals surface area contributed by atoms with Crippen molar-refractivity contribution in [3.05, 3.63) is 146 Å². The van der Waals surface area contributed by atoms with Gasteiger partial charge in [-0.2, -0.15) is 9.97 Å². The number of alkyl carbamates (subject to hydrolysis) is 1. The van der Waals surface area contributed by atoms with E-state index in [-0.39, 0.29) is 11.7 Å². The first kappa shape index (κ1) is 51.3. The lowest BCUT2D eigenvalue weighted by molar-refractivity contribution is 0.0541. The molecule has 2 fully saturated rings. The highest BCUT2D eigenvalue weighted by Crippen LogP contribution is 2.25. The zero-order valence-electron chi connectivity index (χ0n) is 41.6. The topological polar surface area (TPSA) is 174 Å². The van der Waals surface area contributed by atoms with Gasteiger partial charge < -0.3 is 35.9 Å². The fourth-order valence-corrected chi connectivity index (χ4v) is 8.03. The predicted octanol–water partition coefficient (Wildman–Crippen LogP) is 9.94. The van der Waals surface area contributed by atoms with Crippen molar-refractivity contribution in [2.75, 3.05) is 77.2 Å².